The van der Waals surface area contributed by atoms with Gasteiger partial charge < -0.3 is 15.3 Å². The number of rotatable bonds is 7. The van der Waals surface area contributed by atoms with Gasteiger partial charge in [-0.15, -0.1) is 0 Å². The second-order valence-corrected chi connectivity index (χ2v) is 11.7. The summed E-state index contributed by atoms with van der Waals surface area (Å²) in [6.07, 6.45) is 15.2. The molecule has 0 aliphatic heterocycles. The van der Waals surface area contributed by atoms with Gasteiger partial charge >= 0.3 is 0 Å². The number of aliphatic hydroxyl groups excluding tert-OH is 2. The molecule has 0 spiro atoms. The molecule has 0 aromatic rings. The summed E-state index contributed by atoms with van der Waals surface area (Å²) in [5.74, 6) is 2.18. The van der Waals surface area contributed by atoms with E-state index in [0.29, 0.717) is 24.2 Å². The summed E-state index contributed by atoms with van der Waals surface area (Å²) in [4.78, 5) is 0. The molecule has 6 atom stereocenters. The molecule has 3 fully saturated rings. The first-order chi connectivity index (χ1) is 14.5. The van der Waals surface area contributed by atoms with Crippen molar-refractivity contribution in [1.29, 1.82) is 0 Å². The molecular formula is C28H46O3. The number of allylic oxidation sites excluding steroid dienone is 3. The summed E-state index contributed by atoms with van der Waals surface area (Å²) in [6.45, 7) is 12.9. The highest BCUT2D eigenvalue weighted by Gasteiger charge is 2.50. The Balaban J connectivity index is 1.66. The molecule has 0 unspecified atom stereocenters. The van der Waals surface area contributed by atoms with Gasteiger partial charge in [0.1, 0.15) is 0 Å². The molecule has 0 aromatic carbocycles. The first-order valence-electron chi connectivity index (χ1n) is 12.7. The van der Waals surface area contributed by atoms with E-state index in [0.717, 1.165) is 35.8 Å². The summed E-state index contributed by atoms with van der Waals surface area (Å²) >= 11 is 0. The topological polar surface area (TPSA) is 60.7 Å². The van der Waals surface area contributed by atoms with E-state index in [2.05, 4.69) is 32.6 Å². The van der Waals surface area contributed by atoms with Crippen LogP contribution in [-0.4, -0.2) is 33.1 Å². The van der Waals surface area contributed by atoms with E-state index in [-0.39, 0.29) is 0 Å². The minimum Gasteiger partial charge on any atom is -0.393 e. The SMILES string of the molecule is C=C1/C(=C/C=C2/CCC[C@]3(C)[C@@H]([C@H](C)CCCCC(C)(C)O)CC[C@@H]23)C[C@@H](O)C[C@@H]1O. The fourth-order valence-electron chi connectivity index (χ4n) is 6.90. The fraction of sp³-hybridized carbons (Fsp3) is 0.786. The van der Waals surface area contributed by atoms with E-state index in [4.69, 9.17) is 0 Å². The van der Waals surface area contributed by atoms with Crippen LogP contribution >= 0.6 is 0 Å². The molecule has 3 aliphatic rings. The molecule has 3 aliphatic carbocycles. The second-order valence-electron chi connectivity index (χ2n) is 11.7. The van der Waals surface area contributed by atoms with Crippen LogP contribution in [0.3, 0.4) is 0 Å². The Hall–Kier alpha value is -0.900. The monoisotopic (exact) mass is 430 g/mol. The maximum atomic E-state index is 10.1. The quantitative estimate of drug-likeness (QED) is 0.428. The molecule has 0 radical (unpaired) electrons. The molecule has 0 heterocycles. The first kappa shape index (κ1) is 24.7. The largest absolute Gasteiger partial charge is 0.393 e. The number of hydrogen-bond acceptors (Lipinski definition) is 3. The summed E-state index contributed by atoms with van der Waals surface area (Å²) in [7, 11) is 0. The summed E-state index contributed by atoms with van der Waals surface area (Å²) < 4.78 is 0. The van der Waals surface area contributed by atoms with E-state index in [1.165, 1.54) is 44.9 Å². The fourth-order valence-corrected chi connectivity index (χ4v) is 6.90. The molecular weight excluding hydrogens is 384 g/mol. The van der Waals surface area contributed by atoms with Crippen LogP contribution in [0.5, 0.6) is 0 Å². The molecule has 3 saturated carbocycles. The normalized spacial score (nSPS) is 38.0. The van der Waals surface area contributed by atoms with Crippen molar-refractivity contribution in [2.75, 3.05) is 0 Å². The Morgan fingerprint density at radius 1 is 1.19 bits per heavy atom. The van der Waals surface area contributed by atoms with Crippen LogP contribution in [0.25, 0.3) is 0 Å². The third-order valence-electron chi connectivity index (χ3n) is 8.69. The maximum Gasteiger partial charge on any atom is 0.0811 e. The summed E-state index contributed by atoms with van der Waals surface area (Å²) in [5.41, 5.74) is 3.22. The van der Waals surface area contributed by atoms with Gasteiger partial charge in [0.2, 0.25) is 0 Å². The van der Waals surface area contributed by atoms with Crippen molar-refractivity contribution in [3.8, 4) is 0 Å². The van der Waals surface area contributed by atoms with Crippen LogP contribution < -0.4 is 0 Å². The molecule has 3 heteroatoms. The van der Waals surface area contributed by atoms with E-state index in [1.54, 1.807) is 5.57 Å². The molecule has 3 rings (SSSR count). The Morgan fingerprint density at radius 2 is 1.94 bits per heavy atom. The lowest BCUT2D eigenvalue weighted by atomic mass is 9.60. The van der Waals surface area contributed by atoms with Crippen molar-refractivity contribution in [1.82, 2.24) is 0 Å². The molecule has 0 saturated heterocycles. The predicted molar refractivity (Wildman–Crippen MR) is 129 cm³/mol. The van der Waals surface area contributed by atoms with Crippen LogP contribution in [0.2, 0.25) is 0 Å². The highest BCUT2D eigenvalue weighted by atomic mass is 16.3. The Bertz CT molecular complexity index is 698. The second kappa shape index (κ2) is 9.93. The zero-order valence-electron chi connectivity index (χ0n) is 20.4. The molecule has 0 aromatic heterocycles. The van der Waals surface area contributed by atoms with Gasteiger partial charge in [-0.3, -0.25) is 0 Å². The average molecular weight is 431 g/mol. The van der Waals surface area contributed by atoms with Gasteiger partial charge in [0.05, 0.1) is 17.8 Å². The summed E-state index contributed by atoms with van der Waals surface area (Å²) in [6, 6.07) is 0. The molecule has 0 amide bonds. The van der Waals surface area contributed by atoms with Crippen LogP contribution in [0, 0.1) is 23.2 Å². The third kappa shape index (κ3) is 5.92. The van der Waals surface area contributed by atoms with Gasteiger partial charge in [-0.25, -0.2) is 0 Å². The van der Waals surface area contributed by atoms with Crippen LogP contribution in [0.4, 0.5) is 0 Å². The number of unbranched alkanes of at least 4 members (excludes halogenated alkanes) is 1. The minimum atomic E-state index is -0.613. The van der Waals surface area contributed by atoms with E-state index < -0.39 is 17.8 Å². The molecule has 31 heavy (non-hydrogen) atoms. The minimum absolute atomic E-state index is 0.390. The predicted octanol–water partition coefficient (Wildman–Crippen LogP) is 6.09. The smallest absolute Gasteiger partial charge is 0.0811 e. The zero-order chi connectivity index (χ0) is 22.8. The van der Waals surface area contributed by atoms with Gasteiger partial charge in [-0.2, -0.15) is 0 Å². The summed E-state index contributed by atoms with van der Waals surface area (Å²) in [5, 5.41) is 30.2. The van der Waals surface area contributed by atoms with Gasteiger partial charge in [0.15, 0.2) is 0 Å². The van der Waals surface area contributed by atoms with E-state index >= 15 is 0 Å². The van der Waals surface area contributed by atoms with Gasteiger partial charge in [-0.1, -0.05) is 57.4 Å². The van der Waals surface area contributed by atoms with E-state index in [1.807, 2.05) is 13.8 Å². The molecule has 3 nitrogen and oxygen atoms in total. The van der Waals surface area contributed by atoms with Gasteiger partial charge in [0.25, 0.3) is 0 Å². The van der Waals surface area contributed by atoms with Crippen LogP contribution in [0.15, 0.2) is 35.5 Å². The van der Waals surface area contributed by atoms with Crippen LogP contribution in [-0.2, 0) is 0 Å². The Morgan fingerprint density at radius 3 is 2.65 bits per heavy atom. The van der Waals surface area contributed by atoms with Gasteiger partial charge in [0, 0.05) is 6.42 Å². The number of aliphatic hydroxyl groups is 3. The molecule has 176 valence electrons. The van der Waals surface area contributed by atoms with E-state index in [9.17, 15) is 15.3 Å². The number of hydrogen-bond donors (Lipinski definition) is 3. The van der Waals surface area contributed by atoms with Crippen molar-refractivity contribution in [2.45, 2.75) is 116 Å². The van der Waals surface area contributed by atoms with Crippen molar-refractivity contribution in [3.63, 3.8) is 0 Å². The maximum absolute atomic E-state index is 10.1. The van der Waals surface area contributed by atoms with Crippen molar-refractivity contribution < 1.29 is 15.3 Å². The highest BCUT2D eigenvalue weighted by molar-refractivity contribution is 5.38. The first-order valence-corrected chi connectivity index (χ1v) is 12.7. The highest BCUT2D eigenvalue weighted by Crippen LogP contribution is 2.60. The Kier molecular flexibility index (Phi) is 7.92. The zero-order valence-corrected chi connectivity index (χ0v) is 20.4. The average Bonchev–Trinajstić information content (AvgIpc) is 3.03. The van der Waals surface area contributed by atoms with Crippen molar-refractivity contribution in [2.24, 2.45) is 23.2 Å². The van der Waals surface area contributed by atoms with Crippen molar-refractivity contribution >= 4 is 0 Å². The Labute approximate surface area is 190 Å². The standard InChI is InChI=1S/C28H46O3/c1-19(9-6-7-15-27(3,4)31)24-13-14-25-21(10-8-16-28(24,25)5)11-12-22-17-23(29)18-26(30)20(22)2/h11-12,19,23-26,29-31H,2,6-10,13-18H2,1,3-5H3/b21-11-,22-12+/t19-,23-,24-,25+,26+,28-/m1/s1. The van der Waals surface area contributed by atoms with Crippen molar-refractivity contribution in [3.05, 3.63) is 35.5 Å². The van der Waals surface area contributed by atoms with Crippen LogP contribution in [0.1, 0.15) is 98.3 Å². The van der Waals surface area contributed by atoms with Gasteiger partial charge in [-0.05, 0) is 93.1 Å². The number of fused-ring (bicyclic) bond motifs is 1. The lowest BCUT2D eigenvalue weighted by Gasteiger charge is -2.44. The third-order valence-corrected chi connectivity index (χ3v) is 8.69. The lowest BCUT2D eigenvalue weighted by molar-refractivity contribution is 0.0650. The molecule has 3 N–H and O–H groups in total. The molecule has 0 bridgehead atoms. The lowest BCUT2D eigenvalue weighted by Crippen LogP contribution is -2.36.